The average Bonchev–Trinajstić information content (AvgIpc) is 3.10. The largest absolute Gasteiger partial charge is 0.490 e. The molecule has 1 saturated heterocycles. The molecule has 0 radical (unpaired) electrons. The second-order valence-corrected chi connectivity index (χ2v) is 10.1. The van der Waals surface area contributed by atoms with Crippen LogP contribution < -0.4 is 14.2 Å². The zero-order valence-corrected chi connectivity index (χ0v) is 20.0. The van der Waals surface area contributed by atoms with Crippen molar-refractivity contribution in [3.63, 3.8) is 0 Å². The van der Waals surface area contributed by atoms with Crippen LogP contribution in [0.25, 0.3) is 6.08 Å². The minimum Gasteiger partial charge on any atom is -0.490 e. The van der Waals surface area contributed by atoms with Crippen LogP contribution in [0.3, 0.4) is 0 Å². The number of sulfonamides is 1. The van der Waals surface area contributed by atoms with Gasteiger partial charge in [0.1, 0.15) is 0 Å². The van der Waals surface area contributed by atoms with Gasteiger partial charge in [0, 0.05) is 58.2 Å². The molecule has 4 rings (SSSR count). The zero-order chi connectivity index (χ0) is 23.8. The van der Waals surface area contributed by atoms with Crippen LogP contribution in [0, 0.1) is 0 Å². The van der Waals surface area contributed by atoms with Gasteiger partial charge in [0.05, 0.1) is 18.1 Å². The molecule has 182 valence electrons. The van der Waals surface area contributed by atoms with Crippen molar-refractivity contribution >= 4 is 22.0 Å². The van der Waals surface area contributed by atoms with E-state index in [0.29, 0.717) is 37.8 Å². The molecular weight excluding hydrogens is 454 g/mol. The van der Waals surface area contributed by atoms with Gasteiger partial charge in [-0.05, 0) is 17.7 Å². The van der Waals surface area contributed by atoms with E-state index in [1.54, 1.807) is 11.0 Å². The van der Waals surface area contributed by atoms with E-state index >= 15 is 0 Å². The smallest absolute Gasteiger partial charge is 0.240 e. The van der Waals surface area contributed by atoms with E-state index in [0.717, 1.165) is 26.1 Å². The molecule has 1 fully saturated rings. The van der Waals surface area contributed by atoms with Gasteiger partial charge in [0.25, 0.3) is 0 Å². The number of rotatable bonds is 8. The maximum atomic E-state index is 12.7. The highest BCUT2D eigenvalue weighted by atomic mass is 32.2. The Hall–Kier alpha value is -2.88. The summed E-state index contributed by atoms with van der Waals surface area (Å²) >= 11 is 0. The first-order valence-corrected chi connectivity index (χ1v) is 13.1. The molecule has 2 aromatic rings. The first-order valence-electron chi connectivity index (χ1n) is 11.6. The van der Waals surface area contributed by atoms with E-state index in [1.807, 2.05) is 18.2 Å². The van der Waals surface area contributed by atoms with E-state index in [2.05, 4.69) is 33.9 Å². The summed E-state index contributed by atoms with van der Waals surface area (Å²) in [4.78, 5) is 16.8. The number of carbonyl (C=O) groups excluding carboxylic acids is 1. The summed E-state index contributed by atoms with van der Waals surface area (Å²) < 4.78 is 39.0. The first kappa shape index (κ1) is 24.3. The quantitative estimate of drug-likeness (QED) is 0.618. The lowest BCUT2D eigenvalue weighted by Gasteiger charge is -2.34. The summed E-state index contributed by atoms with van der Waals surface area (Å²) in [6, 6.07) is 14.7. The highest BCUT2D eigenvalue weighted by Gasteiger charge is 2.22. The number of fused-ring (bicyclic) bond motifs is 1. The van der Waals surface area contributed by atoms with Crippen molar-refractivity contribution < 1.29 is 22.7 Å². The normalized spacial score (nSPS) is 17.0. The minimum absolute atomic E-state index is 0.0409. The summed E-state index contributed by atoms with van der Waals surface area (Å²) in [5.74, 6) is 0.926. The Labute approximate surface area is 201 Å². The summed E-state index contributed by atoms with van der Waals surface area (Å²) in [6.07, 6.45) is 5.11. The van der Waals surface area contributed by atoms with Gasteiger partial charge in [-0.15, -0.1) is 0 Å². The molecule has 0 saturated carbocycles. The standard InChI is InChI=1S/C25H31N3O5S/c29-25(28-16-14-27(15-17-28)13-4-8-21-6-2-1-3-7-21)11-12-26-34(30,31)22-9-10-23-24(20-22)33-19-5-18-32-23/h1-4,6-10,20,26H,5,11-19H2. The van der Waals surface area contributed by atoms with Crippen LogP contribution in [0.1, 0.15) is 18.4 Å². The van der Waals surface area contributed by atoms with Crippen molar-refractivity contribution in [2.75, 3.05) is 52.5 Å². The van der Waals surface area contributed by atoms with Crippen molar-refractivity contribution in [1.29, 1.82) is 0 Å². The third-order valence-corrected chi connectivity index (χ3v) is 7.32. The number of benzene rings is 2. The van der Waals surface area contributed by atoms with Crippen LogP contribution in [0.2, 0.25) is 0 Å². The number of nitrogens with one attached hydrogen (secondary N) is 1. The first-order chi connectivity index (χ1) is 16.5. The van der Waals surface area contributed by atoms with E-state index in [9.17, 15) is 13.2 Å². The highest BCUT2D eigenvalue weighted by Crippen LogP contribution is 2.31. The van der Waals surface area contributed by atoms with Crippen molar-refractivity contribution in [1.82, 2.24) is 14.5 Å². The lowest BCUT2D eigenvalue weighted by molar-refractivity contribution is -0.132. The molecular formula is C25H31N3O5S. The third-order valence-electron chi connectivity index (χ3n) is 5.86. The molecule has 0 aromatic heterocycles. The van der Waals surface area contributed by atoms with Gasteiger partial charge in [-0.25, -0.2) is 13.1 Å². The topological polar surface area (TPSA) is 88.2 Å². The average molecular weight is 486 g/mol. The molecule has 2 heterocycles. The van der Waals surface area contributed by atoms with Crippen molar-refractivity contribution in [3.8, 4) is 11.5 Å². The molecule has 0 aliphatic carbocycles. The van der Waals surface area contributed by atoms with Gasteiger partial charge in [-0.3, -0.25) is 9.69 Å². The van der Waals surface area contributed by atoms with E-state index < -0.39 is 10.0 Å². The Morgan fingerprint density at radius 2 is 1.71 bits per heavy atom. The number of piperazine rings is 1. The number of ether oxygens (including phenoxy) is 2. The Balaban J connectivity index is 1.20. The number of carbonyl (C=O) groups is 1. The van der Waals surface area contributed by atoms with E-state index in [-0.39, 0.29) is 23.8 Å². The minimum atomic E-state index is -3.75. The fourth-order valence-electron chi connectivity index (χ4n) is 3.93. The van der Waals surface area contributed by atoms with Crippen LogP contribution >= 0.6 is 0 Å². The van der Waals surface area contributed by atoms with Crippen LogP contribution in [-0.2, 0) is 14.8 Å². The number of amides is 1. The van der Waals surface area contributed by atoms with Crippen LogP contribution in [0.5, 0.6) is 11.5 Å². The van der Waals surface area contributed by atoms with Crippen molar-refractivity contribution in [2.24, 2.45) is 0 Å². The maximum absolute atomic E-state index is 12.7. The highest BCUT2D eigenvalue weighted by molar-refractivity contribution is 7.89. The Bertz CT molecular complexity index is 1100. The summed E-state index contributed by atoms with van der Waals surface area (Å²) in [5.41, 5.74) is 1.17. The van der Waals surface area contributed by atoms with Gasteiger partial charge in [-0.1, -0.05) is 42.5 Å². The SMILES string of the molecule is O=C(CCNS(=O)(=O)c1ccc2c(c1)OCCCO2)N1CCN(CC=Cc2ccccc2)CC1. The van der Waals surface area contributed by atoms with Gasteiger partial charge in [0.15, 0.2) is 11.5 Å². The van der Waals surface area contributed by atoms with Gasteiger partial charge in [0.2, 0.25) is 15.9 Å². The molecule has 8 nitrogen and oxygen atoms in total. The fraction of sp³-hybridized carbons (Fsp3) is 0.400. The summed E-state index contributed by atoms with van der Waals surface area (Å²) in [6.45, 7) is 4.80. The van der Waals surface area contributed by atoms with Crippen LogP contribution in [-0.4, -0.2) is 76.6 Å². The van der Waals surface area contributed by atoms with Crippen molar-refractivity contribution in [3.05, 3.63) is 60.2 Å². The fourth-order valence-corrected chi connectivity index (χ4v) is 4.97. The molecule has 1 N–H and O–H groups in total. The molecule has 34 heavy (non-hydrogen) atoms. The molecule has 1 amide bonds. The summed E-state index contributed by atoms with van der Waals surface area (Å²) in [7, 11) is -3.75. The molecule has 0 bridgehead atoms. The lowest BCUT2D eigenvalue weighted by atomic mass is 10.2. The predicted octanol–water partition coefficient (Wildman–Crippen LogP) is 2.37. The second-order valence-electron chi connectivity index (χ2n) is 8.30. The molecule has 9 heteroatoms. The molecule has 2 aliphatic rings. The number of nitrogens with zero attached hydrogens (tertiary/aromatic N) is 2. The molecule has 2 aromatic carbocycles. The number of hydrogen-bond acceptors (Lipinski definition) is 6. The van der Waals surface area contributed by atoms with Crippen LogP contribution in [0.4, 0.5) is 0 Å². The lowest BCUT2D eigenvalue weighted by Crippen LogP contribution is -2.49. The van der Waals surface area contributed by atoms with Gasteiger partial charge in [-0.2, -0.15) is 0 Å². The Morgan fingerprint density at radius 3 is 2.47 bits per heavy atom. The molecule has 0 unspecified atom stereocenters. The third kappa shape index (κ3) is 6.59. The van der Waals surface area contributed by atoms with Crippen molar-refractivity contribution in [2.45, 2.75) is 17.7 Å². The van der Waals surface area contributed by atoms with Gasteiger partial charge < -0.3 is 14.4 Å². The van der Waals surface area contributed by atoms with E-state index in [1.165, 1.54) is 17.7 Å². The van der Waals surface area contributed by atoms with Crippen LogP contribution in [0.15, 0.2) is 59.5 Å². The Kier molecular flexibility index (Phi) is 8.21. The molecule has 0 spiro atoms. The second kappa shape index (κ2) is 11.5. The van der Waals surface area contributed by atoms with E-state index in [4.69, 9.17) is 9.47 Å². The maximum Gasteiger partial charge on any atom is 0.240 e. The number of hydrogen-bond donors (Lipinski definition) is 1. The Morgan fingerprint density at radius 1 is 0.971 bits per heavy atom. The summed E-state index contributed by atoms with van der Waals surface area (Å²) in [5, 5.41) is 0. The monoisotopic (exact) mass is 485 g/mol. The predicted molar refractivity (Wildman–Crippen MR) is 130 cm³/mol. The molecule has 0 atom stereocenters. The molecule has 2 aliphatic heterocycles. The zero-order valence-electron chi connectivity index (χ0n) is 19.2. The van der Waals surface area contributed by atoms with Gasteiger partial charge >= 0.3 is 0 Å².